The summed E-state index contributed by atoms with van der Waals surface area (Å²) in [5.74, 6) is -0.0849. The van der Waals surface area contributed by atoms with Crippen molar-refractivity contribution in [3.8, 4) is 17.6 Å². The molecule has 30 heavy (non-hydrogen) atoms. The molecule has 2 aliphatic heterocycles. The van der Waals surface area contributed by atoms with E-state index in [1.165, 1.54) is 25.6 Å². The summed E-state index contributed by atoms with van der Waals surface area (Å²) in [7, 11) is 0.452. The summed E-state index contributed by atoms with van der Waals surface area (Å²) < 4.78 is 44.5. The van der Waals surface area contributed by atoms with Crippen molar-refractivity contribution in [2.75, 3.05) is 25.6 Å². The number of sulfonamides is 1. The second-order valence-corrected chi connectivity index (χ2v) is 8.66. The minimum Gasteiger partial charge on any atom is -0.493 e. The Morgan fingerprint density at radius 3 is 2.50 bits per heavy atom. The summed E-state index contributed by atoms with van der Waals surface area (Å²) in [6, 6.07) is 14.0. The average Bonchev–Trinajstić information content (AvgIpc) is 2.76. The van der Waals surface area contributed by atoms with Gasteiger partial charge < -0.3 is 19.9 Å². The molecule has 2 aliphatic rings. The van der Waals surface area contributed by atoms with Gasteiger partial charge in [-0.25, -0.2) is 8.42 Å². The normalized spacial score (nSPS) is 19.4. The minimum absolute atomic E-state index is 0.0114. The lowest BCUT2D eigenvalue weighted by Crippen LogP contribution is -2.37. The minimum atomic E-state index is -4.00. The first-order valence-corrected chi connectivity index (χ1v) is 10.4. The summed E-state index contributed by atoms with van der Waals surface area (Å²) in [6.07, 6.45) is 0. The highest BCUT2D eigenvalue weighted by Crippen LogP contribution is 2.51. The number of fused-ring (bicyclic) bond motifs is 2. The summed E-state index contributed by atoms with van der Waals surface area (Å²) >= 11 is 0. The molecule has 2 heterocycles. The number of anilines is 1. The predicted molar refractivity (Wildman–Crippen MR) is 111 cm³/mol. The number of nitriles is 1. The zero-order chi connectivity index (χ0) is 21.6. The molecule has 0 amide bonds. The van der Waals surface area contributed by atoms with E-state index in [-0.39, 0.29) is 22.1 Å². The quantitative estimate of drug-likeness (QED) is 0.804. The number of benzene rings is 2. The Hall–Kier alpha value is -3.64. The van der Waals surface area contributed by atoms with E-state index in [1.54, 1.807) is 42.5 Å². The van der Waals surface area contributed by atoms with E-state index in [2.05, 4.69) is 0 Å². The number of rotatable bonds is 3. The van der Waals surface area contributed by atoms with E-state index in [0.29, 0.717) is 28.3 Å². The van der Waals surface area contributed by atoms with Crippen molar-refractivity contribution >= 4 is 21.5 Å². The van der Waals surface area contributed by atoms with Gasteiger partial charge in [-0.15, -0.1) is 0 Å². The van der Waals surface area contributed by atoms with E-state index in [4.69, 9.17) is 19.9 Å². The van der Waals surface area contributed by atoms with Gasteiger partial charge in [-0.2, -0.15) is 5.26 Å². The monoisotopic (exact) mass is 425 g/mol. The van der Waals surface area contributed by atoms with Crippen molar-refractivity contribution in [1.82, 2.24) is 0 Å². The van der Waals surface area contributed by atoms with Crippen LogP contribution in [-0.4, -0.2) is 29.7 Å². The van der Waals surface area contributed by atoms with Gasteiger partial charge in [0.2, 0.25) is 5.88 Å². The number of nitrogens with zero attached hydrogens (tertiary/aromatic N) is 2. The molecule has 0 aromatic heterocycles. The third-order valence-electron chi connectivity index (χ3n) is 5.24. The second kappa shape index (κ2) is 7.00. The molecular weight excluding hydrogens is 406 g/mol. The Morgan fingerprint density at radius 2 is 1.83 bits per heavy atom. The molecule has 9 heteroatoms. The van der Waals surface area contributed by atoms with E-state index < -0.39 is 15.9 Å². The fourth-order valence-corrected chi connectivity index (χ4v) is 5.41. The highest BCUT2D eigenvalue weighted by atomic mass is 32.2. The highest BCUT2D eigenvalue weighted by molar-refractivity contribution is 7.96. The molecule has 4 rings (SSSR count). The lowest BCUT2D eigenvalue weighted by Gasteiger charge is -2.36. The van der Waals surface area contributed by atoms with E-state index >= 15 is 0 Å². The maximum absolute atomic E-state index is 13.5. The Labute approximate surface area is 174 Å². The van der Waals surface area contributed by atoms with Crippen molar-refractivity contribution in [1.29, 1.82) is 5.26 Å². The van der Waals surface area contributed by atoms with Crippen LogP contribution in [0.2, 0.25) is 0 Å². The molecule has 154 valence electrons. The molecule has 2 N–H and O–H groups in total. The maximum Gasteiger partial charge on any atom is 0.264 e. The SMILES string of the molecule is COc1ccc(C2C(C#N)=C(N)OC3=C2S(=O)(=O)N(C)c2ccccc23)cc1OC. The number of ether oxygens (including phenoxy) is 3. The van der Waals surface area contributed by atoms with Gasteiger partial charge in [-0.1, -0.05) is 18.2 Å². The number of hydrogen-bond donors (Lipinski definition) is 1. The van der Waals surface area contributed by atoms with Crippen LogP contribution in [0.25, 0.3) is 5.76 Å². The highest BCUT2D eigenvalue weighted by Gasteiger charge is 2.46. The lowest BCUT2D eigenvalue weighted by atomic mass is 9.88. The van der Waals surface area contributed by atoms with Crippen LogP contribution in [0, 0.1) is 11.3 Å². The van der Waals surface area contributed by atoms with Crippen molar-refractivity contribution in [2.45, 2.75) is 5.92 Å². The zero-order valence-corrected chi connectivity index (χ0v) is 17.4. The molecule has 2 aromatic rings. The van der Waals surface area contributed by atoms with Crippen LogP contribution in [0.3, 0.4) is 0 Å². The summed E-state index contributed by atoms with van der Waals surface area (Å²) in [4.78, 5) is -0.0401. The van der Waals surface area contributed by atoms with Crippen LogP contribution >= 0.6 is 0 Å². The molecule has 8 nitrogen and oxygen atoms in total. The van der Waals surface area contributed by atoms with Gasteiger partial charge >= 0.3 is 0 Å². The van der Waals surface area contributed by atoms with Crippen molar-refractivity contribution in [2.24, 2.45) is 5.73 Å². The zero-order valence-electron chi connectivity index (χ0n) is 16.5. The molecule has 0 saturated carbocycles. The molecule has 0 aliphatic carbocycles. The average molecular weight is 425 g/mol. The second-order valence-electron chi connectivity index (χ2n) is 6.72. The van der Waals surface area contributed by atoms with E-state index in [9.17, 15) is 13.7 Å². The number of nitrogens with two attached hydrogens (primary N) is 1. The molecule has 0 spiro atoms. The fourth-order valence-electron chi connectivity index (χ4n) is 3.76. The molecule has 1 unspecified atom stereocenters. The van der Waals surface area contributed by atoms with Gasteiger partial charge in [-0.3, -0.25) is 4.31 Å². The van der Waals surface area contributed by atoms with Crippen LogP contribution in [0.15, 0.2) is 58.8 Å². The standard InChI is InChI=1S/C21H19N3O5S/c1-24-15-7-5-4-6-13(15)19-20(30(24,25)26)18(14(11-22)21(23)29-19)12-8-9-16(27-2)17(10-12)28-3/h4-10,18H,23H2,1-3H3. The third kappa shape index (κ3) is 2.69. The molecular formula is C21H19N3O5S. The number of hydrogen-bond acceptors (Lipinski definition) is 7. The lowest BCUT2D eigenvalue weighted by molar-refractivity contribution is 0.352. The topological polar surface area (TPSA) is 115 Å². The first kappa shape index (κ1) is 19.7. The molecule has 0 radical (unpaired) electrons. The summed E-state index contributed by atoms with van der Waals surface area (Å²) in [5.41, 5.74) is 7.64. The van der Waals surface area contributed by atoms with Crippen LogP contribution in [0.4, 0.5) is 5.69 Å². The van der Waals surface area contributed by atoms with E-state index in [0.717, 1.165) is 0 Å². The third-order valence-corrected chi connectivity index (χ3v) is 7.13. The number of para-hydroxylation sites is 1. The summed E-state index contributed by atoms with van der Waals surface area (Å²) in [5, 5.41) is 9.79. The van der Waals surface area contributed by atoms with Gasteiger partial charge in [0.15, 0.2) is 17.3 Å². The van der Waals surface area contributed by atoms with Gasteiger partial charge in [0, 0.05) is 12.6 Å². The van der Waals surface area contributed by atoms with Gasteiger partial charge in [-0.05, 0) is 29.8 Å². The van der Waals surface area contributed by atoms with Crippen LogP contribution in [0.5, 0.6) is 11.5 Å². The van der Waals surface area contributed by atoms with Gasteiger partial charge in [0.25, 0.3) is 10.0 Å². The number of methoxy groups -OCH3 is 2. The van der Waals surface area contributed by atoms with Crippen LogP contribution in [0.1, 0.15) is 17.0 Å². The maximum atomic E-state index is 13.5. The molecule has 2 aromatic carbocycles. The number of allylic oxidation sites excluding steroid dienone is 2. The van der Waals surface area contributed by atoms with Crippen LogP contribution < -0.4 is 19.5 Å². The largest absolute Gasteiger partial charge is 0.493 e. The Bertz CT molecular complexity index is 1260. The van der Waals surface area contributed by atoms with Gasteiger partial charge in [0.1, 0.15) is 16.5 Å². The van der Waals surface area contributed by atoms with Crippen molar-refractivity contribution in [3.05, 3.63) is 70.0 Å². The molecule has 1 atom stereocenters. The summed E-state index contributed by atoms with van der Waals surface area (Å²) in [6.45, 7) is 0. The first-order chi connectivity index (χ1) is 14.3. The molecule has 0 bridgehead atoms. The van der Waals surface area contributed by atoms with Crippen molar-refractivity contribution < 1.29 is 22.6 Å². The van der Waals surface area contributed by atoms with Gasteiger partial charge in [0.05, 0.1) is 25.8 Å². The van der Waals surface area contributed by atoms with Crippen molar-refractivity contribution in [3.63, 3.8) is 0 Å². The van der Waals surface area contributed by atoms with Crippen LogP contribution in [-0.2, 0) is 14.8 Å². The fraction of sp³-hybridized carbons (Fsp3) is 0.190. The predicted octanol–water partition coefficient (Wildman–Crippen LogP) is 2.66. The Balaban J connectivity index is 2.05. The van der Waals surface area contributed by atoms with E-state index in [1.807, 2.05) is 6.07 Å². The molecule has 0 fully saturated rings. The first-order valence-electron chi connectivity index (χ1n) is 8.97. The Kier molecular flexibility index (Phi) is 4.59. The smallest absolute Gasteiger partial charge is 0.264 e. The Morgan fingerprint density at radius 1 is 1.13 bits per heavy atom. The molecule has 0 saturated heterocycles.